The minimum atomic E-state index is -3.80. The molecular formula is C16H17ClN3O3S2+. The number of nitrogens with zero attached hydrogens (tertiary/aromatic N) is 1. The van der Waals surface area contributed by atoms with Crippen LogP contribution in [-0.2, 0) is 16.7 Å². The molecule has 0 saturated carbocycles. The molecular weight excluding hydrogens is 382 g/mol. The Labute approximate surface area is 155 Å². The first kappa shape index (κ1) is 17.9. The summed E-state index contributed by atoms with van der Waals surface area (Å²) >= 11 is 11.3. The number of para-hydroxylation sites is 1. The van der Waals surface area contributed by atoms with E-state index in [1.165, 1.54) is 12.1 Å². The molecule has 132 valence electrons. The van der Waals surface area contributed by atoms with Gasteiger partial charge in [0.2, 0.25) is 0 Å². The summed E-state index contributed by atoms with van der Waals surface area (Å²) in [5, 5.41) is 0.324. The summed E-state index contributed by atoms with van der Waals surface area (Å²) in [6.07, 6.45) is 0. The third-order valence-electron chi connectivity index (χ3n) is 3.54. The van der Waals surface area contributed by atoms with E-state index in [0.717, 1.165) is 10.4 Å². The van der Waals surface area contributed by atoms with Gasteiger partial charge in [-0.25, -0.2) is 8.42 Å². The van der Waals surface area contributed by atoms with Crippen LogP contribution >= 0.6 is 23.8 Å². The van der Waals surface area contributed by atoms with Crippen molar-refractivity contribution in [3.63, 3.8) is 0 Å². The standard InChI is InChI=1S/C16H16ClN3O3S2/c1-19(2)10-20-14-8-7-11(9-15(14)23-16(20)24)25(21,22)18-13-6-4-3-5-12(13)17/h3-9,18H,10H2,1-2H3/p+1. The Kier molecular flexibility index (Phi) is 4.88. The van der Waals surface area contributed by atoms with Crippen molar-refractivity contribution in [1.29, 1.82) is 0 Å². The van der Waals surface area contributed by atoms with Gasteiger partial charge in [0.1, 0.15) is 0 Å². The van der Waals surface area contributed by atoms with Crippen LogP contribution in [0.15, 0.2) is 51.8 Å². The normalized spacial score (nSPS) is 12.0. The maximum Gasteiger partial charge on any atom is 0.274 e. The number of fused-ring (bicyclic) bond motifs is 1. The van der Waals surface area contributed by atoms with E-state index >= 15 is 0 Å². The van der Waals surface area contributed by atoms with Crippen LogP contribution in [-0.4, -0.2) is 27.1 Å². The molecule has 0 atom stereocenters. The average molecular weight is 399 g/mol. The molecule has 0 radical (unpaired) electrons. The number of rotatable bonds is 5. The van der Waals surface area contributed by atoms with E-state index in [0.29, 0.717) is 27.8 Å². The van der Waals surface area contributed by atoms with Crippen LogP contribution in [0.2, 0.25) is 5.02 Å². The van der Waals surface area contributed by atoms with E-state index in [-0.39, 0.29) is 4.90 Å². The third-order valence-corrected chi connectivity index (χ3v) is 5.54. The first-order valence-electron chi connectivity index (χ1n) is 7.48. The highest BCUT2D eigenvalue weighted by molar-refractivity contribution is 7.92. The number of halogens is 1. The number of hydrogen-bond donors (Lipinski definition) is 2. The highest BCUT2D eigenvalue weighted by Crippen LogP contribution is 2.26. The van der Waals surface area contributed by atoms with Gasteiger partial charge in [0.15, 0.2) is 12.3 Å². The maximum absolute atomic E-state index is 12.6. The smallest absolute Gasteiger partial charge is 0.274 e. The quantitative estimate of drug-likeness (QED) is 0.648. The van der Waals surface area contributed by atoms with Crippen molar-refractivity contribution in [3.8, 4) is 0 Å². The highest BCUT2D eigenvalue weighted by atomic mass is 35.5. The average Bonchev–Trinajstić information content (AvgIpc) is 2.84. The Morgan fingerprint density at radius 1 is 1.24 bits per heavy atom. The summed E-state index contributed by atoms with van der Waals surface area (Å²) in [6, 6.07) is 11.3. The van der Waals surface area contributed by atoms with Gasteiger partial charge in [-0.05, 0) is 36.5 Å². The molecule has 1 heterocycles. The van der Waals surface area contributed by atoms with Gasteiger partial charge in [-0.1, -0.05) is 23.7 Å². The summed E-state index contributed by atoms with van der Waals surface area (Å²) in [4.78, 5) is 1.55. The van der Waals surface area contributed by atoms with Gasteiger partial charge in [0, 0.05) is 6.07 Å². The molecule has 2 aromatic carbocycles. The van der Waals surface area contributed by atoms with E-state index in [4.69, 9.17) is 28.2 Å². The van der Waals surface area contributed by atoms with Gasteiger partial charge < -0.3 is 9.32 Å². The predicted molar refractivity (Wildman–Crippen MR) is 100 cm³/mol. The number of quaternary nitrogens is 1. The molecule has 0 saturated heterocycles. The molecule has 25 heavy (non-hydrogen) atoms. The minimum absolute atomic E-state index is 0.0769. The van der Waals surface area contributed by atoms with Crippen molar-refractivity contribution >= 4 is 50.6 Å². The van der Waals surface area contributed by atoms with Gasteiger partial charge in [0.05, 0.1) is 35.2 Å². The molecule has 0 fully saturated rings. The van der Waals surface area contributed by atoms with Crippen molar-refractivity contribution in [2.24, 2.45) is 0 Å². The van der Waals surface area contributed by atoms with Crippen LogP contribution in [0.25, 0.3) is 11.1 Å². The van der Waals surface area contributed by atoms with Crippen molar-refractivity contribution in [2.75, 3.05) is 18.8 Å². The lowest BCUT2D eigenvalue weighted by Gasteiger charge is -2.10. The number of hydrogen-bond acceptors (Lipinski definition) is 4. The summed E-state index contributed by atoms with van der Waals surface area (Å²) < 4.78 is 35.1. The van der Waals surface area contributed by atoms with Crippen molar-refractivity contribution in [3.05, 3.63) is 52.3 Å². The summed E-state index contributed by atoms with van der Waals surface area (Å²) in [7, 11) is 0.189. The summed E-state index contributed by atoms with van der Waals surface area (Å²) in [6.45, 7) is 0.621. The second kappa shape index (κ2) is 6.80. The molecule has 2 N–H and O–H groups in total. The Bertz CT molecular complexity index is 1090. The van der Waals surface area contributed by atoms with Crippen LogP contribution in [0.1, 0.15) is 0 Å². The lowest BCUT2D eigenvalue weighted by Crippen LogP contribution is -3.04. The second-order valence-electron chi connectivity index (χ2n) is 5.88. The molecule has 0 spiro atoms. The third kappa shape index (κ3) is 3.72. The predicted octanol–water partition coefficient (Wildman–Crippen LogP) is 2.52. The van der Waals surface area contributed by atoms with Gasteiger partial charge >= 0.3 is 0 Å². The number of anilines is 1. The molecule has 0 bridgehead atoms. The molecule has 3 aromatic rings. The number of benzene rings is 2. The molecule has 0 aliphatic carbocycles. The first-order valence-corrected chi connectivity index (χ1v) is 9.74. The number of aromatic nitrogens is 1. The fourth-order valence-electron chi connectivity index (χ4n) is 2.43. The van der Waals surface area contributed by atoms with Gasteiger partial charge in [-0.15, -0.1) is 0 Å². The Morgan fingerprint density at radius 2 is 1.96 bits per heavy atom. The largest absolute Gasteiger partial charge is 0.429 e. The molecule has 6 nitrogen and oxygen atoms in total. The zero-order chi connectivity index (χ0) is 18.2. The number of oxazole rings is 1. The monoisotopic (exact) mass is 398 g/mol. The lowest BCUT2D eigenvalue weighted by molar-refractivity contribution is -0.882. The summed E-state index contributed by atoms with van der Waals surface area (Å²) in [5.41, 5.74) is 1.50. The minimum Gasteiger partial charge on any atom is -0.429 e. The molecule has 1 aromatic heterocycles. The fraction of sp³-hybridized carbons (Fsp3) is 0.188. The molecule has 9 heteroatoms. The molecule has 0 aliphatic heterocycles. The van der Waals surface area contributed by atoms with Crippen LogP contribution in [0, 0.1) is 4.84 Å². The maximum atomic E-state index is 12.6. The number of nitrogens with one attached hydrogen (secondary N) is 2. The highest BCUT2D eigenvalue weighted by Gasteiger charge is 2.18. The van der Waals surface area contributed by atoms with E-state index in [1.54, 1.807) is 30.3 Å². The van der Waals surface area contributed by atoms with E-state index in [2.05, 4.69) is 4.72 Å². The molecule has 0 unspecified atom stereocenters. The topological polar surface area (TPSA) is 68.7 Å². The van der Waals surface area contributed by atoms with Crippen LogP contribution < -0.4 is 9.62 Å². The fourth-order valence-corrected chi connectivity index (χ4v) is 4.01. The Morgan fingerprint density at radius 3 is 2.64 bits per heavy atom. The van der Waals surface area contributed by atoms with E-state index in [9.17, 15) is 8.42 Å². The van der Waals surface area contributed by atoms with Crippen LogP contribution in [0.4, 0.5) is 5.69 Å². The molecule has 0 aliphatic rings. The Balaban J connectivity index is 2.01. The van der Waals surface area contributed by atoms with Gasteiger partial charge in [0.25, 0.3) is 14.9 Å². The van der Waals surface area contributed by atoms with Crippen molar-refractivity contribution in [1.82, 2.24) is 4.57 Å². The van der Waals surface area contributed by atoms with Crippen LogP contribution in [0.5, 0.6) is 0 Å². The Hall–Kier alpha value is -1.87. The van der Waals surface area contributed by atoms with Gasteiger partial charge in [-0.2, -0.15) is 0 Å². The van der Waals surface area contributed by atoms with E-state index < -0.39 is 10.0 Å². The molecule has 0 amide bonds. The SMILES string of the molecule is C[NH+](C)Cn1c(=S)oc2cc(S(=O)(=O)Nc3ccccc3Cl)ccc21. The first-order chi connectivity index (χ1) is 11.8. The zero-order valence-corrected chi connectivity index (χ0v) is 16.0. The molecule has 3 rings (SSSR count). The van der Waals surface area contributed by atoms with E-state index in [1.807, 2.05) is 18.7 Å². The van der Waals surface area contributed by atoms with Gasteiger partial charge in [-0.3, -0.25) is 9.29 Å². The second-order valence-corrected chi connectivity index (χ2v) is 8.31. The zero-order valence-electron chi connectivity index (χ0n) is 13.6. The van der Waals surface area contributed by atoms with Crippen molar-refractivity contribution in [2.45, 2.75) is 11.6 Å². The van der Waals surface area contributed by atoms with Crippen LogP contribution in [0.3, 0.4) is 0 Å². The lowest BCUT2D eigenvalue weighted by atomic mass is 10.3. The number of sulfonamides is 1. The summed E-state index contributed by atoms with van der Waals surface area (Å²) in [5.74, 6) is 0. The van der Waals surface area contributed by atoms with Crippen molar-refractivity contribution < 1.29 is 17.7 Å².